The number of amides is 1. The molecular weight excluding hydrogens is 236 g/mol. The first-order valence-corrected chi connectivity index (χ1v) is 4.59. The number of nitro benzene ring substituents is 1. The number of halogens is 1. The van der Waals surface area contributed by atoms with Crippen molar-refractivity contribution in [3.63, 3.8) is 0 Å². The van der Waals surface area contributed by atoms with Crippen LogP contribution in [0.5, 0.6) is 0 Å². The monoisotopic (exact) mass is 242 g/mol. The fourth-order valence-corrected chi connectivity index (χ4v) is 1.05. The number of hydrogen-bond donors (Lipinski definition) is 1. The van der Waals surface area contributed by atoms with E-state index in [-0.39, 0.29) is 17.8 Å². The largest absolute Gasteiger partial charge is 0.344 e. The Morgan fingerprint density at radius 2 is 1.88 bits per heavy atom. The average Bonchev–Trinajstić information content (AvgIpc) is 2.26. The minimum absolute atomic E-state index is 0.107. The van der Waals surface area contributed by atoms with E-state index >= 15 is 0 Å². The van der Waals surface area contributed by atoms with E-state index in [2.05, 4.69) is 5.32 Å². The Morgan fingerprint density at radius 3 is 2.31 bits per heavy atom. The van der Waals surface area contributed by atoms with Crippen LogP contribution in [0.25, 0.3) is 0 Å². The molecule has 1 aromatic rings. The Labute approximate surface area is 95.4 Å². The molecule has 7 heteroatoms. The summed E-state index contributed by atoms with van der Waals surface area (Å²) in [6, 6.07) is 5.01. The summed E-state index contributed by atoms with van der Waals surface area (Å²) in [4.78, 5) is 31.5. The zero-order valence-electron chi connectivity index (χ0n) is 7.97. The topological polar surface area (TPSA) is 89.3 Å². The van der Waals surface area contributed by atoms with E-state index in [0.29, 0.717) is 0 Å². The van der Waals surface area contributed by atoms with Crippen molar-refractivity contribution in [1.29, 1.82) is 0 Å². The summed E-state index contributed by atoms with van der Waals surface area (Å²) in [5.41, 5.74) is 0.119. The molecule has 0 aliphatic heterocycles. The van der Waals surface area contributed by atoms with E-state index in [1.807, 2.05) is 0 Å². The van der Waals surface area contributed by atoms with Gasteiger partial charge in [0.2, 0.25) is 5.24 Å². The Kier molecular flexibility index (Phi) is 3.96. The smallest absolute Gasteiger partial charge is 0.269 e. The molecule has 0 atom stereocenters. The molecule has 16 heavy (non-hydrogen) atoms. The lowest BCUT2D eigenvalue weighted by Crippen LogP contribution is -2.27. The van der Waals surface area contributed by atoms with Gasteiger partial charge in [-0.25, -0.2) is 0 Å². The second-order valence-electron chi connectivity index (χ2n) is 2.84. The molecule has 0 heterocycles. The maximum atomic E-state index is 11.3. The Balaban J connectivity index is 2.70. The van der Waals surface area contributed by atoms with E-state index in [1.54, 1.807) is 0 Å². The molecule has 0 bridgehead atoms. The van der Waals surface area contributed by atoms with Crippen LogP contribution in [0.1, 0.15) is 10.4 Å². The van der Waals surface area contributed by atoms with Crippen molar-refractivity contribution in [1.82, 2.24) is 5.32 Å². The average molecular weight is 243 g/mol. The Morgan fingerprint density at radius 1 is 1.31 bits per heavy atom. The summed E-state index contributed by atoms with van der Waals surface area (Å²) in [5, 5.41) is 11.9. The summed E-state index contributed by atoms with van der Waals surface area (Å²) in [6.07, 6.45) is 0. The molecule has 0 aliphatic rings. The standard InChI is InChI=1S/C9H7ClN2O4/c10-8(13)5-11-9(14)6-1-3-7(4-2-6)12(15)16/h1-4H,5H2,(H,11,14). The van der Waals surface area contributed by atoms with E-state index in [4.69, 9.17) is 11.6 Å². The lowest BCUT2D eigenvalue weighted by atomic mass is 10.2. The lowest BCUT2D eigenvalue weighted by Gasteiger charge is -2.01. The van der Waals surface area contributed by atoms with E-state index in [9.17, 15) is 19.7 Å². The number of hydrogen-bond acceptors (Lipinski definition) is 4. The molecule has 0 fully saturated rings. The third-order valence-corrected chi connectivity index (χ3v) is 1.86. The molecule has 1 N–H and O–H groups in total. The third kappa shape index (κ3) is 3.32. The van der Waals surface area contributed by atoms with Gasteiger partial charge in [0, 0.05) is 17.7 Å². The number of carbonyl (C=O) groups is 2. The molecule has 0 radical (unpaired) electrons. The fraction of sp³-hybridized carbons (Fsp3) is 0.111. The van der Waals surface area contributed by atoms with Gasteiger partial charge in [-0.05, 0) is 23.7 Å². The van der Waals surface area contributed by atoms with Crippen molar-refractivity contribution in [2.24, 2.45) is 0 Å². The highest BCUT2D eigenvalue weighted by molar-refractivity contribution is 6.64. The molecule has 84 valence electrons. The van der Waals surface area contributed by atoms with Crippen molar-refractivity contribution >= 4 is 28.4 Å². The number of nitro groups is 1. The highest BCUT2D eigenvalue weighted by Crippen LogP contribution is 2.11. The predicted octanol–water partition coefficient (Wildman–Crippen LogP) is 1.09. The predicted molar refractivity (Wildman–Crippen MR) is 56.3 cm³/mol. The molecule has 0 aliphatic carbocycles. The van der Waals surface area contributed by atoms with Gasteiger partial charge in [-0.15, -0.1) is 0 Å². The van der Waals surface area contributed by atoms with Gasteiger partial charge in [0.25, 0.3) is 11.6 Å². The SMILES string of the molecule is O=C(Cl)CNC(=O)c1ccc([N+](=O)[O-])cc1. The number of non-ortho nitro benzene ring substituents is 1. The zero-order valence-corrected chi connectivity index (χ0v) is 8.73. The zero-order chi connectivity index (χ0) is 12.1. The highest BCUT2D eigenvalue weighted by Gasteiger charge is 2.09. The quantitative estimate of drug-likeness (QED) is 0.486. The Hall–Kier alpha value is -1.95. The van der Waals surface area contributed by atoms with Crippen LogP contribution in [0.4, 0.5) is 5.69 Å². The van der Waals surface area contributed by atoms with Crippen LogP contribution >= 0.6 is 11.6 Å². The van der Waals surface area contributed by atoms with E-state index < -0.39 is 16.1 Å². The number of carbonyl (C=O) groups excluding carboxylic acids is 2. The number of nitrogens with one attached hydrogen (secondary N) is 1. The first kappa shape index (κ1) is 12.1. The minimum atomic E-state index is -0.685. The molecule has 0 saturated heterocycles. The minimum Gasteiger partial charge on any atom is -0.344 e. The van der Waals surface area contributed by atoms with Gasteiger partial charge < -0.3 is 5.32 Å². The lowest BCUT2D eigenvalue weighted by molar-refractivity contribution is -0.384. The Bertz CT molecular complexity index is 430. The molecular formula is C9H7ClN2O4. The van der Waals surface area contributed by atoms with Crippen molar-refractivity contribution < 1.29 is 14.5 Å². The first-order chi connectivity index (χ1) is 7.50. The van der Waals surface area contributed by atoms with Crippen molar-refractivity contribution in [2.75, 3.05) is 6.54 Å². The number of nitrogens with zero attached hydrogens (tertiary/aromatic N) is 1. The van der Waals surface area contributed by atoms with Gasteiger partial charge in [0.05, 0.1) is 11.5 Å². The normalized spacial score (nSPS) is 9.56. The number of rotatable bonds is 4. The summed E-state index contributed by atoms with van der Waals surface area (Å²) in [6.45, 7) is -0.280. The maximum absolute atomic E-state index is 11.3. The van der Waals surface area contributed by atoms with E-state index in [0.717, 1.165) is 0 Å². The summed E-state index contributed by atoms with van der Waals surface area (Å²) >= 11 is 5.03. The second kappa shape index (κ2) is 5.22. The molecule has 1 amide bonds. The molecule has 0 spiro atoms. The molecule has 6 nitrogen and oxygen atoms in total. The van der Waals surface area contributed by atoms with Crippen LogP contribution < -0.4 is 5.32 Å². The van der Waals surface area contributed by atoms with Crippen LogP contribution in [-0.2, 0) is 4.79 Å². The van der Waals surface area contributed by atoms with Crippen LogP contribution in [0.2, 0.25) is 0 Å². The summed E-state index contributed by atoms with van der Waals surface area (Å²) < 4.78 is 0. The highest BCUT2D eigenvalue weighted by atomic mass is 35.5. The van der Waals surface area contributed by atoms with Crippen LogP contribution in [0, 0.1) is 10.1 Å². The van der Waals surface area contributed by atoms with Crippen LogP contribution in [0.15, 0.2) is 24.3 Å². The van der Waals surface area contributed by atoms with Gasteiger partial charge in [0.15, 0.2) is 0 Å². The van der Waals surface area contributed by atoms with Gasteiger partial charge >= 0.3 is 0 Å². The van der Waals surface area contributed by atoms with Crippen molar-refractivity contribution in [2.45, 2.75) is 0 Å². The van der Waals surface area contributed by atoms with Crippen molar-refractivity contribution in [3.8, 4) is 0 Å². The van der Waals surface area contributed by atoms with Crippen molar-refractivity contribution in [3.05, 3.63) is 39.9 Å². The fourth-order valence-electron chi connectivity index (χ4n) is 0.986. The summed E-state index contributed by atoms with van der Waals surface area (Å²) in [5.74, 6) is -0.510. The van der Waals surface area contributed by atoms with Crippen LogP contribution in [0.3, 0.4) is 0 Å². The van der Waals surface area contributed by atoms with Gasteiger partial charge in [-0.1, -0.05) is 0 Å². The molecule has 0 saturated carbocycles. The molecule has 1 rings (SSSR count). The van der Waals surface area contributed by atoms with E-state index in [1.165, 1.54) is 24.3 Å². The number of benzene rings is 1. The third-order valence-electron chi connectivity index (χ3n) is 1.73. The molecule has 0 unspecified atom stereocenters. The van der Waals surface area contributed by atoms with Gasteiger partial charge in [-0.2, -0.15) is 0 Å². The maximum Gasteiger partial charge on any atom is 0.269 e. The first-order valence-electron chi connectivity index (χ1n) is 4.21. The van der Waals surface area contributed by atoms with Gasteiger partial charge in [0.1, 0.15) is 0 Å². The second-order valence-corrected chi connectivity index (χ2v) is 3.26. The van der Waals surface area contributed by atoms with Gasteiger partial charge in [-0.3, -0.25) is 19.7 Å². The van der Waals surface area contributed by atoms with Crippen LogP contribution in [-0.4, -0.2) is 22.6 Å². The molecule has 0 aromatic heterocycles. The molecule has 1 aromatic carbocycles. The summed E-state index contributed by atoms with van der Waals surface area (Å²) in [7, 11) is 0.